The second-order valence-electron chi connectivity index (χ2n) is 3.95. The van der Waals surface area contributed by atoms with Crippen molar-refractivity contribution >= 4 is 17.3 Å². The first-order chi connectivity index (χ1) is 8.61. The predicted octanol–water partition coefficient (Wildman–Crippen LogP) is 3.02. The molecule has 0 radical (unpaired) electrons. The lowest BCUT2D eigenvalue weighted by Crippen LogP contribution is -2.05. The highest BCUT2D eigenvalue weighted by Gasteiger charge is 2.09. The highest BCUT2D eigenvalue weighted by Crippen LogP contribution is 2.24. The van der Waals surface area contributed by atoms with Crippen LogP contribution in [0.1, 0.15) is 11.4 Å². The molecule has 2 rings (SSSR count). The smallest absolute Gasteiger partial charge is 0.146 e. The topological polar surface area (TPSA) is 49.8 Å². The monoisotopic (exact) mass is 246 g/mol. The summed E-state index contributed by atoms with van der Waals surface area (Å²) in [7, 11) is 1.79. The van der Waals surface area contributed by atoms with Gasteiger partial charge in [-0.1, -0.05) is 12.1 Å². The summed E-state index contributed by atoms with van der Waals surface area (Å²) in [5.74, 6) is 1.67. The summed E-state index contributed by atoms with van der Waals surface area (Å²) < 4.78 is 13.6. The zero-order valence-electron chi connectivity index (χ0n) is 10.6. The first-order valence-corrected chi connectivity index (χ1v) is 5.66. The van der Waals surface area contributed by atoms with Crippen molar-refractivity contribution in [2.45, 2.75) is 13.8 Å². The lowest BCUT2D eigenvalue weighted by molar-refractivity contribution is 0.631. The number of nitrogens with one attached hydrogen (secondary N) is 2. The number of hydrogen-bond acceptors (Lipinski definition) is 4. The van der Waals surface area contributed by atoms with Crippen LogP contribution in [-0.2, 0) is 0 Å². The van der Waals surface area contributed by atoms with Gasteiger partial charge in [0.05, 0.1) is 5.69 Å². The quantitative estimate of drug-likeness (QED) is 0.874. The number of aromatic nitrogens is 2. The van der Waals surface area contributed by atoms with E-state index >= 15 is 0 Å². The number of rotatable bonds is 3. The van der Waals surface area contributed by atoms with Crippen molar-refractivity contribution in [3.05, 3.63) is 41.5 Å². The summed E-state index contributed by atoms with van der Waals surface area (Å²) in [4.78, 5) is 8.55. The van der Waals surface area contributed by atoms with Crippen molar-refractivity contribution in [2.24, 2.45) is 0 Å². The molecule has 1 aromatic carbocycles. The standard InChI is InChI=1S/C13H15FN4/c1-8-12(15-3)16-9(2)17-13(8)18-11-7-5-4-6-10(11)14/h4-7H,1-3H3,(H2,15,16,17,18). The average molecular weight is 246 g/mol. The van der Waals surface area contributed by atoms with Gasteiger partial charge in [0, 0.05) is 12.6 Å². The largest absolute Gasteiger partial charge is 0.373 e. The van der Waals surface area contributed by atoms with Crippen molar-refractivity contribution < 1.29 is 4.39 Å². The van der Waals surface area contributed by atoms with E-state index in [0.29, 0.717) is 17.3 Å². The van der Waals surface area contributed by atoms with Crippen LogP contribution in [-0.4, -0.2) is 17.0 Å². The molecule has 1 heterocycles. The molecule has 0 fully saturated rings. The number of aryl methyl sites for hydroxylation is 1. The fourth-order valence-electron chi connectivity index (χ4n) is 1.68. The predicted molar refractivity (Wildman–Crippen MR) is 70.7 cm³/mol. The summed E-state index contributed by atoms with van der Waals surface area (Å²) in [6.45, 7) is 3.68. The van der Waals surface area contributed by atoms with Gasteiger partial charge in [0.2, 0.25) is 0 Å². The first-order valence-electron chi connectivity index (χ1n) is 5.66. The molecule has 0 aliphatic heterocycles. The summed E-state index contributed by atoms with van der Waals surface area (Å²) in [6.07, 6.45) is 0. The molecule has 0 aliphatic rings. The average Bonchev–Trinajstić information content (AvgIpc) is 2.36. The minimum absolute atomic E-state index is 0.306. The normalized spacial score (nSPS) is 10.2. The van der Waals surface area contributed by atoms with E-state index in [1.165, 1.54) is 6.07 Å². The van der Waals surface area contributed by atoms with Gasteiger partial charge in [-0.25, -0.2) is 14.4 Å². The molecule has 0 saturated heterocycles. The summed E-state index contributed by atoms with van der Waals surface area (Å²) in [5.41, 5.74) is 1.26. The third-order valence-electron chi connectivity index (χ3n) is 2.62. The number of hydrogen-bond donors (Lipinski definition) is 2. The Morgan fingerprint density at radius 1 is 1.06 bits per heavy atom. The van der Waals surface area contributed by atoms with Gasteiger partial charge in [-0.2, -0.15) is 0 Å². The van der Waals surface area contributed by atoms with Crippen molar-refractivity contribution in [2.75, 3.05) is 17.7 Å². The SMILES string of the molecule is CNc1nc(C)nc(Nc2ccccc2F)c1C. The zero-order valence-corrected chi connectivity index (χ0v) is 10.6. The van der Waals surface area contributed by atoms with E-state index in [1.807, 2.05) is 6.92 Å². The molecule has 0 atom stereocenters. The maximum atomic E-state index is 13.6. The molecule has 94 valence electrons. The molecule has 2 N–H and O–H groups in total. The van der Waals surface area contributed by atoms with Gasteiger partial charge in [0.15, 0.2) is 0 Å². The van der Waals surface area contributed by atoms with E-state index in [4.69, 9.17) is 0 Å². The third kappa shape index (κ3) is 2.40. The minimum Gasteiger partial charge on any atom is -0.373 e. The molecule has 18 heavy (non-hydrogen) atoms. The first kappa shape index (κ1) is 12.3. The van der Waals surface area contributed by atoms with Crippen LogP contribution in [0.25, 0.3) is 0 Å². The Morgan fingerprint density at radius 3 is 2.39 bits per heavy atom. The maximum absolute atomic E-state index is 13.6. The summed E-state index contributed by atoms with van der Waals surface area (Å²) >= 11 is 0. The van der Waals surface area contributed by atoms with E-state index < -0.39 is 0 Å². The Balaban J connectivity index is 2.40. The molecule has 4 nitrogen and oxygen atoms in total. The van der Waals surface area contributed by atoms with Crippen LogP contribution in [0, 0.1) is 19.7 Å². The lowest BCUT2D eigenvalue weighted by Gasteiger charge is -2.12. The van der Waals surface area contributed by atoms with Gasteiger partial charge in [0.25, 0.3) is 0 Å². The molecule has 0 aliphatic carbocycles. The van der Waals surface area contributed by atoms with E-state index in [9.17, 15) is 4.39 Å². The Hall–Kier alpha value is -2.17. The number of anilines is 3. The molecule has 0 bridgehead atoms. The molecule has 0 unspecified atom stereocenters. The van der Waals surface area contributed by atoms with Gasteiger partial charge in [0.1, 0.15) is 23.3 Å². The highest BCUT2D eigenvalue weighted by molar-refractivity contribution is 5.64. The number of halogens is 1. The van der Waals surface area contributed by atoms with Gasteiger partial charge in [-0.05, 0) is 26.0 Å². The molecule has 0 amide bonds. The van der Waals surface area contributed by atoms with Crippen LogP contribution in [0.3, 0.4) is 0 Å². The van der Waals surface area contributed by atoms with Gasteiger partial charge in [-0.3, -0.25) is 0 Å². The van der Waals surface area contributed by atoms with E-state index in [2.05, 4.69) is 20.6 Å². The number of para-hydroxylation sites is 1. The van der Waals surface area contributed by atoms with Gasteiger partial charge in [-0.15, -0.1) is 0 Å². The van der Waals surface area contributed by atoms with Crippen LogP contribution in [0.4, 0.5) is 21.7 Å². The molecule has 0 spiro atoms. The van der Waals surface area contributed by atoms with Crippen molar-refractivity contribution in [3.8, 4) is 0 Å². The molecular formula is C13H15FN4. The highest BCUT2D eigenvalue weighted by atomic mass is 19.1. The summed E-state index contributed by atoms with van der Waals surface area (Å²) in [6, 6.07) is 6.50. The van der Waals surface area contributed by atoms with Crippen molar-refractivity contribution in [3.63, 3.8) is 0 Å². The maximum Gasteiger partial charge on any atom is 0.146 e. The van der Waals surface area contributed by atoms with Crippen LogP contribution < -0.4 is 10.6 Å². The molecule has 2 aromatic rings. The molecule has 1 aromatic heterocycles. The Morgan fingerprint density at radius 2 is 1.72 bits per heavy atom. The lowest BCUT2D eigenvalue weighted by atomic mass is 10.2. The molecular weight excluding hydrogens is 231 g/mol. The second-order valence-corrected chi connectivity index (χ2v) is 3.95. The third-order valence-corrected chi connectivity index (χ3v) is 2.62. The van der Waals surface area contributed by atoms with Gasteiger partial charge >= 0.3 is 0 Å². The Labute approximate surface area is 105 Å². The van der Waals surface area contributed by atoms with Crippen molar-refractivity contribution in [1.82, 2.24) is 9.97 Å². The minimum atomic E-state index is -0.306. The van der Waals surface area contributed by atoms with Crippen LogP contribution in [0.15, 0.2) is 24.3 Å². The molecule has 0 saturated carbocycles. The van der Waals surface area contributed by atoms with E-state index in [-0.39, 0.29) is 5.82 Å². The van der Waals surface area contributed by atoms with E-state index in [0.717, 1.165) is 11.4 Å². The fraction of sp³-hybridized carbons (Fsp3) is 0.231. The fourth-order valence-corrected chi connectivity index (χ4v) is 1.68. The van der Waals surface area contributed by atoms with Crippen LogP contribution in [0.5, 0.6) is 0 Å². The van der Waals surface area contributed by atoms with Crippen molar-refractivity contribution in [1.29, 1.82) is 0 Å². The van der Waals surface area contributed by atoms with Crippen LogP contribution in [0.2, 0.25) is 0 Å². The number of benzene rings is 1. The summed E-state index contributed by atoms with van der Waals surface area (Å²) in [5, 5.41) is 5.98. The number of nitrogens with zero attached hydrogens (tertiary/aromatic N) is 2. The Bertz CT molecular complexity index is 569. The van der Waals surface area contributed by atoms with E-state index in [1.54, 1.807) is 32.2 Å². The Kier molecular flexibility index (Phi) is 3.41. The van der Waals surface area contributed by atoms with Gasteiger partial charge < -0.3 is 10.6 Å². The molecule has 5 heteroatoms. The second kappa shape index (κ2) is 5.00. The van der Waals surface area contributed by atoms with Crippen LogP contribution >= 0.6 is 0 Å². The zero-order chi connectivity index (χ0) is 13.1.